The molecule has 5 nitrogen and oxygen atoms in total. The molecule has 0 aliphatic heterocycles. The SMILES string of the molecule is O=C(Cc1cccc(Cl)c1)NCCn1c(CCc2ccccc2)nc2cccnc21. The Morgan fingerprint density at radius 2 is 1.80 bits per heavy atom. The number of amides is 1. The van der Waals surface area contributed by atoms with Gasteiger partial charge in [0, 0.05) is 30.7 Å². The normalized spacial score (nSPS) is 11.0. The lowest BCUT2D eigenvalue weighted by atomic mass is 10.1. The van der Waals surface area contributed by atoms with Gasteiger partial charge in [-0.05, 0) is 41.8 Å². The van der Waals surface area contributed by atoms with Crippen molar-refractivity contribution in [2.75, 3.05) is 6.54 Å². The summed E-state index contributed by atoms with van der Waals surface area (Å²) in [4.78, 5) is 21.6. The van der Waals surface area contributed by atoms with Crippen molar-refractivity contribution >= 4 is 28.7 Å². The molecule has 0 bridgehead atoms. The van der Waals surface area contributed by atoms with Crippen LogP contribution in [0.2, 0.25) is 5.02 Å². The van der Waals surface area contributed by atoms with E-state index >= 15 is 0 Å². The molecule has 2 aromatic heterocycles. The van der Waals surface area contributed by atoms with Gasteiger partial charge in [-0.2, -0.15) is 0 Å². The molecule has 0 spiro atoms. The number of rotatable bonds is 8. The first-order chi connectivity index (χ1) is 14.7. The van der Waals surface area contributed by atoms with Gasteiger partial charge in [-0.3, -0.25) is 4.79 Å². The van der Waals surface area contributed by atoms with Crippen LogP contribution < -0.4 is 5.32 Å². The van der Waals surface area contributed by atoms with Gasteiger partial charge in [-0.15, -0.1) is 0 Å². The molecule has 152 valence electrons. The van der Waals surface area contributed by atoms with Gasteiger partial charge in [-0.1, -0.05) is 54.1 Å². The van der Waals surface area contributed by atoms with E-state index in [1.807, 2.05) is 36.4 Å². The molecule has 0 atom stereocenters. The summed E-state index contributed by atoms with van der Waals surface area (Å²) in [6.45, 7) is 1.14. The maximum atomic E-state index is 12.3. The monoisotopic (exact) mass is 418 g/mol. The number of nitrogens with one attached hydrogen (secondary N) is 1. The fourth-order valence-electron chi connectivity index (χ4n) is 3.53. The molecular weight excluding hydrogens is 396 g/mol. The number of aryl methyl sites for hydroxylation is 2. The lowest BCUT2D eigenvalue weighted by Gasteiger charge is -2.10. The second kappa shape index (κ2) is 9.55. The molecule has 1 amide bonds. The average Bonchev–Trinajstić information content (AvgIpc) is 3.11. The zero-order valence-electron chi connectivity index (χ0n) is 16.6. The average molecular weight is 419 g/mol. The van der Waals surface area contributed by atoms with Gasteiger partial charge in [-0.25, -0.2) is 9.97 Å². The summed E-state index contributed by atoms with van der Waals surface area (Å²) in [5, 5.41) is 3.63. The number of hydrogen-bond donors (Lipinski definition) is 1. The van der Waals surface area contributed by atoms with E-state index in [4.69, 9.17) is 16.6 Å². The number of pyridine rings is 1. The number of aromatic nitrogens is 3. The number of imidazole rings is 1. The highest BCUT2D eigenvalue weighted by Crippen LogP contribution is 2.16. The first-order valence-electron chi connectivity index (χ1n) is 10.0. The maximum Gasteiger partial charge on any atom is 0.224 e. The summed E-state index contributed by atoms with van der Waals surface area (Å²) in [7, 11) is 0. The molecule has 1 N–H and O–H groups in total. The lowest BCUT2D eigenvalue weighted by molar-refractivity contribution is -0.120. The topological polar surface area (TPSA) is 59.8 Å². The zero-order chi connectivity index (χ0) is 20.8. The zero-order valence-corrected chi connectivity index (χ0v) is 17.3. The fourth-order valence-corrected chi connectivity index (χ4v) is 3.75. The van der Waals surface area contributed by atoms with Crippen LogP contribution >= 0.6 is 11.6 Å². The number of halogens is 1. The quantitative estimate of drug-likeness (QED) is 0.466. The molecule has 0 aliphatic rings. The highest BCUT2D eigenvalue weighted by Gasteiger charge is 2.12. The van der Waals surface area contributed by atoms with Crippen molar-refractivity contribution in [1.29, 1.82) is 0 Å². The van der Waals surface area contributed by atoms with E-state index < -0.39 is 0 Å². The third-order valence-electron chi connectivity index (χ3n) is 4.97. The largest absolute Gasteiger partial charge is 0.354 e. The van der Waals surface area contributed by atoms with Crippen molar-refractivity contribution in [2.45, 2.75) is 25.8 Å². The van der Waals surface area contributed by atoms with E-state index in [1.54, 1.807) is 12.3 Å². The van der Waals surface area contributed by atoms with Gasteiger partial charge >= 0.3 is 0 Å². The van der Waals surface area contributed by atoms with Crippen LogP contribution in [-0.4, -0.2) is 27.0 Å². The highest BCUT2D eigenvalue weighted by atomic mass is 35.5. The number of hydrogen-bond acceptors (Lipinski definition) is 3. The van der Waals surface area contributed by atoms with Crippen LogP contribution in [-0.2, 0) is 30.6 Å². The Labute approximate surface area is 180 Å². The van der Waals surface area contributed by atoms with E-state index in [0.29, 0.717) is 24.5 Å². The van der Waals surface area contributed by atoms with Crippen molar-refractivity contribution < 1.29 is 4.79 Å². The lowest BCUT2D eigenvalue weighted by Crippen LogP contribution is -2.29. The molecular formula is C24H23ClN4O. The second-order valence-corrected chi connectivity index (χ2v) is 7.60. The Morgan fingerprint density at radius 1 is 0.967 bits per heavy atom. The van der Waals surface area contributed by atoms with Crippen LogP contribution in [0, 0.1) is 0 Å². The van der Waals surface area contributed by atoms with E-state index in [-0.39, 0.29) is 5.91 Å². The summed E-state index contributed by atoms with van der Waals surface area (Å²) < 4.78 is 2.11. The molecule has 0 fully saturated rings. The van der Waals surface area contributed by atoms with Crippen LogP contribution in [0.3, 0.4) is 0 Å². The van der Waals surface area contributed by atoms with Crippen molar-refractivity contribution in [2.24, 2.45) is 0 Å². The van der Waals surface area contributed by atoms with Gasteiger partial charge in [0.25, 0.3) is 0 Å². The summed E-state index contributed by atoms with van der Waals surface area (Å²) >= 11 is 6.00. The summed E-state index contributed by atoms with van der Waals surface area (Å²) in [5.41, 5.74) is 3.91. The predicted molar refractivity (Wildman–Crippen MR) is 120 cm³/mol. The number of carbonyl (C=O) groups excluding carboxylic acids is 1. The molecule has 0 unspecified atom stereocenters. The molecule has 2 aromatic carbocycles. The van der Waals surface area contributed by atoms with Gasteiger partial charge in [0.2, 0.25) is 5.91 Å². The molecule has 4 rings (SSSR count). The van der Waals surface area contributed by atoms with E-state index in [0.717, 1.165) is 35.4 Å². The minimum absolute atomic E-state index is 0.0273. The van der Waals surface area contributed by atoms with Gasteiger partial charge in [0.05, 0.1) is 6.42 Å². The number of benzene rings is 2. The number of carbonyl (C=O) groups is 1. The van der Waals surface area contributed by atoms with Crippen molar-refractivity contribution in [3.05, 3.63) is 94.9 Å². The second-order valence-electron chi connectivity index (χ2n) is 7.17. The first kappa shape index (κ1) is 20.1. The maximum absolute atomic E-state index is 12.3. The Balaban J connectivity index is 1.41. The van der Waals surface area contributed by atoms with Gasteiger partial charge in [0.1, 0.15) is 11.3 Å². The minimum atomic E-state index is -0.0273. The van der Waals surface area contributed by atoms with Gasteiger partial charge < -0.3 is 9.88 Å². The fraction of sp³-hybridized carbons (Fsp3) is 0.208. The van der Waals surface area contributed by atoms with E-state index in [1.165, 1.54) is 5.56 Å². The van der Waals surface area contributed by atoms with Crippen LogP contribution in [0.4, 0.5) is 0 Å². The molecule has 0 saturated carbocycles. The highest BCUT2D eigenvalue weighted by molar-refractivity contribution is 6.30. The van der Waals surface area contributed by atoms with Crippen molar-refractivity contribution in [1.82, 2.24) is 19.9 Å². The van der Waals surface area contributed by atoms with Gasteiger partial charge in [0.15, 0.2) is 5.65 Å². The predicted octanol–water partition coefficient (Wildman–Crippen LogP) is 4.23. The number of nitrogens with zero attached hydrogens (tertiary/aromatic N) is 3. The Hall–Kier alpha value is -3.18. The molecule has 0 aliphatic carbocycles. The van der Waals surface area contributed by atoms with Crippen LogP contribution in [0.1, 0.15) is 17.0 Å². The Bertz CT molecular complexity index is 1140. The summed E-state index contributed by atoms with van der Waals surface area (Å²) in [5.74, 6) is 0.956. The third kappa shape index (κ3) is 5.05. The molecule has 0 saturated heterocycles. The van der Waals surface area contributed by atoms with Crippen LogP contribution in [0.25, 0.3) is 11.2 Å². The molecule has 6 heteroatoms. The molecule has 2 heterocycles. The van der Waals surface area contributed by atoms with Crippen LogP contribution in [0.15, 0.2) is 72.9 Å². The minimum Gasteiger partial charge on any atom is -0.354 e. The Kier molecular flexibility index (Phi) is 6.40. The summed E-state index contributed by atoms with van der Waals surface area (Å²) in [6, 6.07) is 21.6. The standard InChI is InChI=1S/C24H23ClN4O/c25-20-9-4-8-19(16-20)17-23(30)26-14-15-29-22(12-11-18-6-2-1-3-7-18)28-21-10-5-13-27-24(21)29/h1-10,13,16H,11-12,14-15,17H2,(H,26,30). The number of fused-ring (bicyclic) bond motifs is 1. The molecule has 4 aromatic rings. The third-order valence-corrected chi connectivity index (χ3v) is 5.21. The Morgan fingerprint density at radius 3 is 2.63 bits per heavy atom. The molecule has 30 heavy (non-hydrogen) atoms. The van der Waals surface area contributed by atoms with Crippen molar-refractivity contribution in [3.63, 3.8) is 0 Å². The van der Waals surface area contributed by atoms with Crippen molar-refractivity contribution in [3.8, 4) is 0 Å². The van der Waals surface area contributed by atoms with Crippen LogP contribution in [0.5, 0.6) is 0 Å². The molecule has 0 radical (unpaired) electrons. The first-order valence-corrected chi connectivity index (χ1v) is 10.4. The summed E-state index contributed by atoms with van der Waals surface area (Å²) in [6.07, 6.45) is 3.81. The smallest absolute Gasteiger partial charge is 0.224 e. The van der Waals surface area contributed by atoms with E-state index in [9.17, 15) is 4.79 Å². The van der Waals surface area contributed by atoms with E-state index in [2.05, 4.69) is 39.1 Å².